The maximum Gasteiger partial charge on any atom is 0.340 e. The van der Waals surface area contributed by atoms with Crippen LogP contribution < -0.4 is 0 Å². The van der Waals surface area contributed by atoms with Crippen molar-refractivity contribution in [2.45, 2.75) is 58.7 Å². The number of hydrogen-bond acceptors (Lipinski definition) is 5. The lowest BCUT2D eigenvalue weighted by Crippen LogP contribution is -2.13. The van der Waals surface area contributed by atoms with Gasteiger partial charge in [0.05, 0.1) is 35.4 Å². The van der Waals surface area contributed by atoms with Gasteiger partial charge in [-0.2, -0.15) is 0 Å². The normalized spacial score (nSPS) is 11.2. The van der Waals surface area contributed by atoms with E-state index in [9.17, 15) is 9.59 Å². The molecular weight excluding hydrogens is 398 g/mol. The van der Waals surface area contributed by atoms with Gasteiger partial charge in [-0.1, -0.05) is 43.7 Å². The van der Waals surface area contributed by atoms with E-state index in [1.807, 2.05) is 28.8 Å². The zero-order valence-corrected chi connectivity index (χ0v) is 18.9. The first-order chi connectivity index (χ1) is 14.5. The van der Waals surface area contributed by atoms with Crippen LogP contribution in [0, 0.1) is 13.8 Å². The molecule has 7 heteroatoms. The first-order valence-corrected chi connectivity index (χ1v) is 11.4. The zero-order valence-electron chi connectivity index (χ0n) is 18.1. The van der Waals surface area contributed by atoms with Crippen LogP contribution in [0.4, 0.5) is 0 Å². The predicted octanol–water partition coefficient (Wildman–Crippen LogP) is 5.32. The van der Waals surface area contributed by atoms with Gasteiger partial charge in [0.2, 0.25) is 0 Å². The predicted molar refractivity (Wildman–Crippen MR) is 121 cm³/mol. The van der Waals surface area contributed by atoms with Gasteiger partial charge < -0.3 is 14.3 Å². The van der Waals surface area contributed by atoms with Crippen molar-refractivity contribution in [2.75, 3.05) is 12.4 Å². The number of aromatic nitrogens is 3. The van der Waals surface area contributed by atoms with Gasteiger partial charge in [-0.15, -0.1) is 0 Å². The number of aromatic amines is 1. The minimum Gasteiger partial charge on any atom is -0.462 e. The van der Waals surface area contributed by atoms with Gasteiger partial charge in [-0.3, -0.25) is 4.79 Å². The summed E-state index contributed by atoms with van der Waals surface area (Å²) in [5.74, 6) is 0.492. The van der Waals surface area contributed by atoms with Crippen LogP contribution in [0.1, 0.15) is 65.2 Å². The number of carbonyl (C=O) groups excluding carboxylic acids is 2. The lowest BCUT2D eigenvalue weighted by Gasteiger charge is -2.08. The number of rotatable bonds is 10. The summed E-state index contributed by atoms with van der Waals surface area (Å²) >= 11 is 1.69. The van der Waals surface area contributed by atoms with Crippen LogP contribution in [0.3, 0.4) is 0 Å². The quantitative estimate of drug-likeness (QED) is 0.205. The molecule has 0 fully saturated rings. The molecule has 2 heterocycles. The Bertz CT molecular complexity index is 1050. The Hall–Kier alpha value is -2.54. The molecule has 3 aromatic rings. The first kappa shape index (κ1) is 22.2. The number of hydrogen-bond donors (Lipinski definition) is 1. The van der Waals surface area contributed by atoms with Crippen molar-refractivity contribution in [3.63, 3.8) is 0 Å². The topological polar surface area (TPSA) is 77.0 Å². The molecule has 0 aliphatic heterocycles. The van der Waals surface area contributed by atoms with Gasteiger partial charge >= 0.3 is 5.97 Å². The summed E-state index contributed by atoms with van der Waals surface area (Å²) in [6.45, 7) is 7.99. The highest BCUT2D eigenvalue weighted by molar-refractivity contribution is 7.99. The maximum atomic E-state index is 13.2. The lowest BCUT2D eigenvalue weighted by atomic mass is 10.1. The van der Waals surface area contributed by atoms with E-state index >= 15 is 0 Å². The molecule has 0 aliphatic carbocycles. The molecule has 30 heavy (non-hydrogen) atoms. The van der Waals surface area contributed by atoms with E-state index in [0.717, 1.165) is 28.4 Å². The number of aryl methyl sites for hydroxylation is 1. The second-order valence-corrected chi connectivity index (χ2v) is 8.36. The fraction of sp³-hybridized carbons (Fsp3) is 0.435. The average Bonchev–Trinajstić information content (AvgIpc) is 3.22. The van der Waals surface area contributed by atoms with Crippen molar-refractivity contribution in [1.82, 2.24) is 14.5 Å². The largest absolute Gasteiger partial charge is 0.462 e. The zero-order chi connectivity index (χ0) is 21.7. The molecule has 0 saturated carbocycles. The summed E-state index contributed by atoms with van der Waals surface area (Å²) in [6.07, 6.45) is 3.48. The molecule has 1 aromatic carbocycles. The highest BCUT2D eigenvalue weighted by Crippen LogP contribution is 2.26. The van der Waals surface area contributed by atoms with Crippen LogP contribution in [-0.2, 0) is 11.3 Å². The van der Waals surface area contributed by atoms with Crippen LogP contribution in [-0.4, -0.2) is 38.6 Å². The summed E-state index contributed by atoms with van der Waals surface area (Å²) in [4.78, 5) is 33.3. The van der Waals surface area contributed by atoms with Crippen LogP contribution in [0.2, 0.25) is 0 Å². The third-order valence-electron chi connectivity index (χ3n) is 5.10. The van der Waals surface area contributed by atoms with E-state index in [4.69, 9.17) is 9.72 Å². The Morgan fingerprint density at radius 3 is 2.67 bits per heavy atom. The Labute approximate surface area is 181 Å². The number of ether oxygens (including phenoxy) is 1. The number of ketones is 1. The summed E-state index contributed by atoms with van der Waals surface area (Å²) in [6, 6.07) is 7.87. The van der Waals surface area contributed by atoms with E-state index in [0.29, 0.717) is 29.1 Å². The van der Waals surface area contributed by atoms with Crippen molar-refractivity contribution in [3.8, 4) is 0 Å². The van der Waals surface area contributed by atoms with Gasteiger partial charge in [-0.25, -0.2) is 9.78 Å². The molecule has 0 radical (unpaired) electrons. The summed E-state index contributed by atoms with van der Waals surface area (Å²) in [5, 5.41) is 0.854. The number of Topliss-reactive ketones (excluding diaryl/α,β-unsaturated/α-hetero) is 1. The number of imidazole rings is 1. The van der Waals surface area contributed by atoms with Gasteiger partial charge in [0.1, 0.15) is 0 Å². The van der Waals surface area contributed by atoms with E-state index in [2.05, 4.69) is 11.9 Å². The molecule has 0 unspecified atom stereocenters. The smallest absolute Gasteiger partial charge is 0.340 e. The van der Waals surface area contributed by atoms with Gasteiger partial charge in [0.25, 0.3) is 0 Å². The molecule has 1 N–H and O–H groups in total. The maximum absolute atomic E-state index is 13.2. The van der Waals surface area contributed by atoms with E-state index in [1.165, 1.54) is 12.8 Å². The van der Waals surface area contributed by atoms with E-state index in [1.54, 1.807) is 32.5 Å². The number of para-hydroxylation sites is 2. The molecular formula is C23H29N3O3S. The molecule has 3 rings (SSSR count). The number of carbonyl (C=O) groups is 2. The molecule has 2 aromatic heterocycles. The molecule has 0 amide bonds. The molecule has 160 valence electrons. The molecule has 0 bridgehead atoms. The Morgan fingerprint density at radius 2 is 1.93 bits per heavy atom. The Morgan fingerprint density at radius 1 is 1.17 bits per heavy atom. The average molecular weight is 428 g/mol. The van der Waals surface area contributed by atoms with Gasteiger partial charge in [0, 0.05) is 11.4 Å². The molecule has 0 spiro atoms. The minimum atomic E-state index is -0.400. The molecule has 6 nitrogen and oxygen atoms in total. The number of unbranched alkanes of at least 4 members (excludes halogenated alkanes) is 2. The summed E-state index contributed by atoms with van der Waals surface area (Å²) in [7, 11) is 0. The SMILES string of the molecule is CCCCCSc1nc2ccccc2n1CC(=O)c1[nH]c(C)c(C(=O)OCC)c1C. The molecule has 0 atom stereocenters. The summed E-state index contributed by atoms with van der Waals surface area (Å²) in [5.41, 5.74) is 4.02. The van der Waals surface area contributed by atoms with Gasteiger partial charge in [0.15, 0.2) is 10.9 Å². The fourth-order valence-corrected chi connectivity index (χ4v) is 4.61. The van der Waals surface area contributed by atoms with Crippen molar-refractivity contribution < 1.29 is 14.3 Å². The number of benzene rings is 1. The number of thioether (sulfide) groups is 1. The monoisotopic (exact) mass is 427 g/mol. The Kier molecular flexibility index (Phi) is 7.37. The van der Waals surface area contributed by atoms with E-state index in [-0.39, 0.29) is 12.3 Å². The fourth-order valence-electron chi connectivity index (χ4n) is 3.59. The van der Waals surface area contributed by atoms with Crippen molar-refractivity contribution in [3.05, 3.63) is 46.8 Å². The van der Waals surface area contributed by atoms with Crippen molar-refractivity contribution in [1.29, 1.82) is 0 Å². The minimum absolute atomic E-state index is 0.0790. The van der Waals surface area contributed by atoms with Crippen molar-refractivity contribution in [2.24, 2.45) is 0 Å². The number of nitrogens with zero attached hydrogens (tertiary/aromatic N) is 2. The number of H-pyrrole nitrogens is 1. The highest BCUT2D eigenvalue weighted by atomic mass is 32.2. The second-order valence-electron chi connectivity index (χ2n) is 7.29. The van der Waals surface area contributed by atoms with Crippen LogP contribution in [0.15, 0.2) is 29.4 Å². The third kappa shape index (κ3) is 4.61. The number of nitrogens with one attached hydrogen (secondary N) is 1. The number of esters is 1. The van der Waals surface area contributed by atoms with Crippen molar-refractivity contribution >= 4 is 34.5 Å². The lowest BCUT2D eigenvalue weighted by molar-refractivity contribution is 0.0525. The van der Waals surface area contributed by atoms with Crippen LogP contribution in [0.5, 0.6) is 0 Å². The third-order valence-corrected chi connectivity index (χ3v) is 6.16. The van der Waals surface area contributed by atoms with Crippen LogP contribution in [0.25, 0.3) is 11.0 Å². The first-order valence-electron chi connectivity index (χ1n) is 10.4. The molecule has 0 saturated heterocycles. The summed E-state index contributed by atoms with van der Waals surface area (Å²) < 4.78 is 7.12. The van der Waals surface area contributed by atoms with Crippen LogP contribution >= 0.6 is 11.8 Å². The standard InChI is InChI=1S/C23H29N3O3S/c1-5-7-10-13-30-23-25-17-11-8-9-12-18(17)26(23)14-19(27)21-15(3)20(16(4)24-21)22(28)29-6-2/h8-9,11-12,24H,5-7,10,13-14H2,1-4H3. The highest BCUT2D eigenvalue weighted by Gasteiger charge is 2.24. The van der Waals surface area contributed by atoms with E-state index < -0.39 is 5.97 Å². The Balaban J connectivity index is 1.89. The van der Waals surface area contributed by atoms with Gasteiger partial charge in [-0.05, 0) is 44.9 Å². The number of fused-ring (bicyclic) bond motifs is 1. The second kappa shape index (κ2) is 9.98. The molecule has 0 aliphatic rings.